The molecule has 0 radical (unpaired) electrons. The number of carbonyl (C=O) groups excluding carboxylic acids is 3. The number of hydrogen-bond acceptors (Lipinski definition) is 5. The van der Waals surface area contributed by atoms with Crippen LogP contribution in [0.5, 0.6) is 5.75 Å². The predicted molar refractivity (Wildman–Crippen MR) is 173 cm³/mol. The van der Waals surface area contributed by atoms with Gasteiger partial charge in [-0.15, -0.1) is 0 Å². The number of ether oxygens (including phenoxy) is 1. The highest BCUT2D eigenvalue weighted by Gasteiger charge is 2.38. The average molecular weight is 616 g/mol. The van der Waals surface area contributed by atoms with Crippen molar-refractivity contribution in [2.45, 2.75) is 112 Å². The molecule has 9 heteroatoms. The lowest BCUT2D eigenvalue weighted by Crippen LogP contribution is -2.53. The van der Waals surface area contributed by atoms with Crippen molar-refractivity contribution in [2.75, 3.05) is 11.9 Å². The Kier molecular flexibility index (Phi) is 13.8. The van der Waals surface area contributed by atoms with Crippen LogP contribution < -0.4 is 10.6 Å². The zero-order valence-electron chi connectivity index (χ0n) is 27.1. The molecule has 0 aliphatic carbocycles. The van der Waals surface area contributed by atoms with Gasteiger partial charge in [0.1, 0.15) is 23.4 Å². The summed E-state index contributed by atoms with van der Waals surface area (Å²) in [7, 11) is 0. The van der Waals surface area contributed by atoms with E-state index >= 15 is 0 Å². The van der Waals surface area contributed by atoms with Crippen molar-refractivity contribution in [1.29, 1.82) is 0 Å². The SMILES string of the molecule is CCCCCCCN(C(=O)C(CC(C)C)NC(=O)OC(C)(C)C)C(C(=O)Nc1c(C)cccc1Cl)c1cccc(C)c1O. The number of benzene rings is 2. The Morgan fingerprint density at radius 3 is 2.21 bits per heavy atom. The van der Waals surface area contributed by atoms with E-state index in [9.17, 15) is 19.5 Å². The standard InChI is InChI=1S/C34H50ClN3O5/c1-9-10-11-12-13-20-38(32(41)27(21-22(2)3)36-33(42)43-34(6,7)8)29(25-18-14-17-24(5)30(25)39)31(40)37-28-23(4)16-15-19-26(28)35/h14-19,22,27,29,39H,9-13,20-21H2,1-8H3,(H,36,42)(H,37,40). The number of phenolic OH excluding ortho intramolecular Hbond substituents is 1. The Balaban J connectivity index is 2.63. The maximum Gasteiger partial charge on any atom is 0.408 e. The highest BCUT2D eigenvalue weighted by molar-refractivity contribution is 6.34. The van der Waals surface area contributed by atoms with E-state index in [1.165, 1.54) is 4.90 Å². The van der Waals surface area contributed by atoms with Gasteiger partial charge in [0.25, 0.3) is 5.91 Å². The third-order valence-electron chi connectivity index (χ3n) is 7.08. The third-order valence-corrected chi connectivity index (χ3v) is 7.39. The second-order valence-corrected chi connectivity index (χ2v) is 13.0. The molecule has 238 valence electrons. The zero-order chi connectivity index (χ0) is 32.3. The molecular weight excluding hydrogens is 566 g/mol. The molecule has 0 aromatic heterocycles. The number of phenols is 1. The minimum absolute atomic E-state index is 0.0562. The van der Waals surface area contributed by atoms with Crippen molar-refractivity contribution in [3.63, 3.8) is 0 Å². The second-order valence-electron chi connectivity index (χ2n) is 12.6. The summed E-state index contributed by atoms with van der Waals surface area (Å²) in [5.41, 5.74) is 1.31. The topological polar surface area (TPSA) is 108 Å². The van der Waals surface area contributed by atoms with Crippen LogP contribution in [-0.4, -0.2) is 46.1 Å². The Morgan fingerprint density at radius 2 is 1.60 bits per heavy atom. The largest absolute Gasteiger partial charge is 0.507 e. The number of nitrogens with one attached hydrogen (secondary N) is 2. The van der Waals surface area contributed by atoms with E-state index in [4.69, 9.17) is 16.3 Å². The molecule has 0 heterocycles. The molecule has 43 heavy (non-hydrogen) atoms. The molecule has 2 aromatic rings. The highest BCUT2D eigenvalue weighted by atomic mass is 35.5. The molecule has 2 aromatic carbocycles. The van der Waals surface area contributed by atoms with Crippen molar-refractivity contribution < 1.29 is 24.2 Å². The van der Waals surface area contributed by atoms with Crippen molar-refractivity contribution in [3.05, 3.63) is 58.1 Å². The van der Waals surface area contributed by atoms with E-state index in [0.717, 1.165) is 31.2 Å². The van der Waals surface area contributed by atoms with Gasteiger partial charge in [0, 0.05) is 12.1 Å². The normalized spacial score (nSPS) is 12.9. The van der Waals surface area contributed by atoms with Crippen LogP contribution >= 0.6 is 11.6 Å². The number of anilines is 1. The average Bonchev–Trinajstić information content (AvgIpc) is 2.90. The van der Waals surface area contributed by atoms with Crippen LogP contribution in [0.3, 0.4) is 0 Å². The lowest BCUT2D eigenvalue weighted by atomic mass is 9.96. The molecule has 8 nitrogen and oxygen atoms in total. The molecule has 3 amide bonds. The smallest absolute Gasteiger partial charge is 0.408 e. The minimum Gasteiger partial charge on any atom is -0.507 e. The summed E-state index contributed by atoms with van der Waals surface area (Å²) in [5, 5.41) is 17.3. The van der Waals surface area contributed by atoms with Crippen LogP contribution in [0, 0.1) is 19.8 Å². The molecule has 2 rings (SSSR count). The van der Waals surface area contributed by atoms with E-state index in [1.807, 2.05) is 26.8 Å². The van der Waals surface area contributed by atoms with Crippen LogP contribution in [-0.2, 0) is 14.3 Å². The summed E-state index contributed by atoms with van der Waals surface area (Å²) >= 11 is 6.47. The van der Waals surface area contributed by atoms with Crippen molar-refractivity contribution in [2.24, 2.45) is 5.92 Å². The molecule has 0 aliphatic heterocycles. The molecule has 2 atom stereocenters. The molecule has 0 saturated carbocycles. The van der Waals surface area contributed by atoms with Crippen LogP contribution in [0.2, 0.25) is 5.02 Å². The van der Waals surface area contributed by atoms with Gasteiger partial charge in [0.2, 0.25) is 5.91 Å². The number of unbranched alkanes of at least 4 members (excludes halogenated alkanes) is 4. The number of hydrogen-bond donors (Lipinski definition) is 3. The summed E-state index contributed by atoms with van der Waals surface area (Å²) in [6.07, 6.45) is 4.27. The number of halogens is 1. The third kappa shape index (κ3) is 11.1. The molecule has 0 spiro atoms. The first-order valence-electron chi connectivity index (χ1n) is 15.3. The molecular formula is C34H50ClN3O5. The fourth-order valence-electron chi connectivity index (χ4n) is 4.93. The Morgan fingerprint density at radius 1 is 0.977 bits per heavy atom. The summed E-state index contributed by atoms with van der Waals surface area (Å²) in [4.78, 5) is 43.1. The predicted octanol–water partition coefficient (Wildman–Crippen LogP) is 8.08. The summed E-state index contributed by atoms with van der Waals surface area (Å²) in [6, 6.07) is 8.32. The monoisotopic (exact) mass is 615 g/mol. The van der Waals surface area contributed by atoms with E-state index in [2.05, 4.69) is 17.6 Å². The number of amides is 3. The van der Waals surface area contributed by atoms with E-state index in [0.29, 0.717) is 34.7 Å². The van der Waals surface area contributed by atoms with E-state index < -0.39 is 35.6 Å². The van der Waals surface area contributed by atoms with Crippen molar-refractivity contribution in [1.82, 2.24) is 10.2 Å². The molecule has 3 N–H and O–H groups in total. The summed E-state index contributed by atoms with van der Waals surface area (Å²) in [5.74, 6) is -0.949. The van der Waals surface area contributed by atoms with Crippen LogP contribution in [0.15, 0.2) is 36.4 Å². The molecule has 2 unspecified atom stereocenters. The fraction of sp³-hybridized carbons (Fsp3) is 0.559. The Hall–Kier alpha value is -3.26. The fourth-order valence-corrected chi connectivity index (χ4v) is 5.20. The first-order valence-corrected chi connectivity index (χ1v) is 15.7. The van der Waals surface area contributed by atoms with Gasteiger partial charge in [-0.05, 0) is 70.6 Å². The van der Waals surface area contributed by atoms with Crippen LogP contribution in [0.1, 0.15) is 103 Å². The zero-order valence-corrected chi connectivity index (χ0v) is 27.8. The number of carbonyl (C=O) groups is 3. The minimum atomic E-state index is -1.19. The number of para-hydroxylation sites is 2. The van der Waals surface area contributed by atoms with E-state index in [1.54, 1.807) is 58.0 Å². The van der Waals surface area contributed by atoms with Gasteiger partial charge in [-0.1, -0.05) is 88.4 Å². The maximum absolute atomic E-state index is 14.5. The van der Waals surface area contributed by atoms with Crippen molar-refractivity contribution >= 4 is 35.2 Å². The summed E-state index contributed by atoms with van der Waals surface area (Å²) in [6.45, 7) is 15.2. The number of nitrogens with zero attached hydrogens (tertiary/aromatic N) is 1. The number of aromatic hydroxyl groups is 1. The number of rotatable bonds is 14. The molecule has 0 bridgehead atoms. The van der Waals surface area contributed by atoms with Gasteiger partial charge >= 0.3 is 6.09 Å². The molecule has 0 fully saturated rings. The second kappa shape index (κ2) is 16.6. The van der Waals surface area contributed by atoms with Gasteiger partial charge in [0.05, 0.1) is 10.7 Å². The quantitative estimate of drug-likeness (QED) is 0.186. The van der Waals surface area contributed by atoms with Gasteiger partial charge in [0.15, 0.2) is 0 Å². The number of alkyl carbamates (subject to hydrolysis) is 1. The first-order chi connectivity index (χ1) is 20.2. The maximum atomic E-state index is 14.5. The van der Waals surface area contributed by atoms with Crippen molar-refractivity contribution in [3.8, 4) is 5.75 Å². The molecule has 0 saturated heterocycles. The van der Waals surface area contributed by atoms with Gasteiger partial charge < -0.3 is 25.4 Å². The highest BCUT2D eigenvalue weighted by Crippen LogP contribution is 2.35. The van der Waals surface area contributed by atoms with Crippen LogP contribution in [0.4, 0.5) is 10.5 Å². The Bertz CT molecular complexity index is 1220. The first kappa shape index (κ1) is 35.9. The van der Waals surface area contributed by atoms with Gasteiger partial charge in [-0.2, -0.15) is 0 Å². The lowest BCUT2D eigenvalue weighted by Gasteiger charge is -2.35. The summed E-state index contributed by atoms with van der Waals surface area (Å²) < 4.78 is 5.48. The van der Waals surface area contributed by atoms with Gasteiger partial charge in [-0.25, -0.2) is 4.79 Å². The Labute approximate surface area is 262 Å². The van der Waals surface area contributed by atoms with Crippen LogP contribution in [0.25, 0.3) is 0 Å². The van der Waals surface area contributed by atoms with Gasteiger partial charge in [-0.3, -0.25) is 9.59 Å². The number of aryl methyl sites for hydroxylation is 2. The molecule has 0 aliphatic rings. The van der Waals surface area contributed by atoms with E-state index in [-0.39, 0.29) is 18.2 Å². The lowest BCUT2D eigenvalue weighted by molar-refractivity contribution is -0.141.